The molecule has 0 aliphatic carbocycles. The van der Waals surface area contributed by atoms with Crippen LogP contribution >= 0.6 is 27.3 Å². The molecular formula is C8H9BrN6OS. The number of hydrogen-bond acceptors (Lipinski definition) is 7. The summed E-state index contributed by atoms with van der Waals surface area (Å²) in [7, 11) is 0. The van der Waals surface area contributed by atoms with Crippen LogP contribution in [0.25, 0.3) is 0 Å². The third-order valence-electron chi connectivity index (χ3n) is 2.09. The molecule has 0 spiro atoms. The van der Waals surface area contributed by atoms with Gasteiger partial charge in [0.25, 0.3) is 5.56 Å². The minimum absolute atomic E-state index is 0.144. The molecule has 17 heavy (non-hydrogen) atoms. The first-order chi connectivity index (χ1) is 8.11. The number of hydrogen-bond donors (Lipinski definition) is 2. The van der Waals surface area contributed by atoms with Crippen LogP contribution in [0, 0.1) is 6.92 Å². The van der Waals surface area contributed by atoms with Crippen molar-refractivity contribution in [2.45, 2.75) is 13.5 Å². The van der Waals surface area contributed by atoms with Gasteiger partial charge in [0.2, 0.25) is 5.13 Å². The monoisotopic (exact) mass is 316 g/mol. The summed E-state index contributed by atoms with van der Waals surface area (Å²) >= 11 is 4.44. The number of halogens is 1. The van der Waals surface area contributed by atoms with Crippen LogP contribution in [-0.2, 0) is 6.54 Å². The van der Waals surface area contributed by atoms with Gasteiger partial charge in [-0.3, -0.25) is 14.8 Å². The van der Waals surface area contributed by atoms with E-state index >= 15 is 0 Å². The Morgan fingerprint density at radius 3 is 3.00 bits per heavy atom. The first-order valence-electron chi connectivity index (χ1n) is 4.62. The maximum absolute atomic E-state index is 11.9. The Labute approximate surface area is 109 Å². The number of anilines is 1. The van der Waals surface area contributed by atoms with E-state index in [0.29, 0.717) is 27.0 Å². The van der Waals surface area contributed by atoms with E-state index in [1.165, 1.54) is 22.1 Å². The molecule has 2 aromatic heterocycles. The van der Waals surface area contributed by atoms with E-state index in [4.69, 9.17) is 5.84 Å². The molecular weight excluding hydrogens is 308 g/mol. The second-order valence-electron chi connectivity index (χ2n) is 3.19. The van der Waals surface area contributed by atoms with Crippen molar-refractivity contribution < 1.29 is 0 Å². The Hall–Kier alpha value is -1.32. The van der Waals surface area contributed by atoms with Gasteiger partial charge >= 0.3 is 0 Å². The highest BCUT2D eigenvalue weighted by molar-refractivity contribution is 9.10. The Morgan fingerprint density at radius 2 is 2.35 bits per heavy atom. The van der Waals surface area contributed by atoms with Gasteiger partial charge in [-0.15, -0.1) is 10.2 Å². The second kappa shape index (κ2) is 4.90. The van der Waals surface area contributed by atoms with Gasteiger partial charge in [0.1, 0.15) is 15.3 Å². The van der Waals surface area contributed by atoms with Gasteiger partial charge in [-0.05, 0) is 22.9 Å². The molecule has 0 unspecified atom stereocenters. The van der Waals surface area contributed by atoms with Crippen molar-refractivity contribution >= 4 is 32.4 Å². The van der Waals surface area contributed by atoms with Crippen LogP contribution in [0.4, 0.5) is 5.13 Å². The highest BCUT2D eigenvalue weighted by Gasteiger charge is 2.09. The van der Waals surface area contributed by atoms with Crippen molar-refractivity contribution in [2.24, 2.45) is 5.84 Å². The van der Waals surface area contributed by atoms with Crippen molar-refractivity contribution in [3.63, 3.8) is 0 Å². The fourth-order valence-corrected chi connectivity index (χ4v) is 2.20. The fourth-order valence-electron chi connectivity index (χ4n) is 1.25. The number of aromatic nitrogens is 4. The van der Waals surface area contributed by atoms with Crippen LogP contribution < -0.4 is 16.8 Å². The highest BCUT2D eigenvalue weighted by atomic mass is 79.9. The molecule has 0 aromatic carbocycles. The molecule has 2 rings (SSSR count). The molecule has 2 heterocycles. The smallest absolute Gasteiger partial charge is 0.268 e. The van der Waals surface area contributed by atoms with Crippen molar-refractivity contribution in [3.05, 3.63) is 31.9 Å². The lowest BCUT2D eigenvalue weighted by molar-refractivity contribution is 0.686. The number of aryl methyl sites for hydroxylation is 1. The fraction of sp³-hybridized carbons (Fsp3) is 0.250. The Balaban J connectivity index is 2.36. The zero-order valence-electron chi connectivity index (χ0n) is 8.85. The number of hydrazine groups is 1. The van der Waals surface area contributed by atoms with Crippen LogP contribution in [-0.4, -0.2) is 19.7 Å². The summed E-state index contributed by atoms with van der Waals surface area (Å²) < 4.78 is 1.94. The van der Waals surface area contributed by atoms with Crippen LogP contribution in [0.2, 0.25) is 0 Å². The summed E-state index contributed by atoms with van der Waals surface area (Å²) in [5.74, 6) is 5.83. The minimum Gasteiger partial charge on any atom is -0.298 e. The van der Waals surface area contributed by atoms with Gasteiger partial charge in [-0.1, -0.05) is 11.3 Å². The van der Waals surface area contributed by atoms with E-state index in [1.54, 1.807) is 6.92 Å². The summed E-state index contributed by atoms with van der Waals surface area (Å²) in [6, 6.07) is 0. The predicted octanol–water partition coefficient (Wildman–Crippen LogP) is 0.500. The first kappa shape index (κ1) is 12.1. The van der Waals surface area contributed by atoms with Gasteiger partial charge in [0, 0.05) is 6.20 Å². The predicted molar refractivity (Wildman–Crippen MR) is 67.8 cm³/mol. The molecule has 0 saturated heterocycles. The van der Waals surface area contributed by atoms with E-state index in [9.17, 15) is 4.79 Å². The lowest BCUT2D eigenvalue weighted by Gasteiger charge is -2.06. The average Bonchev–Trinajstić information content (AvgIpc) is 2.77. The molecule has 90 valence electrons. The summed E-state index contributed by atoms with van der Waals surface area (Å²) in [6.45, 7) is 2.09. The molecule has 9 heteroatoms. The highest BCUT2D eigenvalue weighted by Crippen LogP contribution is 2.14. The molecule has 0 saturated carbocycles. The van der Waals surface area contributed by atoms with Crippen LogP contribution in [0.5, 0.6) is 0 Å². The van der Waals surface area contributed by atoms with Crippen LogP contribution in [0.15, 0.2) is 15.5 Å². The standard InChI is InChI=1S/C8H9BrN6OS/c1-4-11-2-5(9)7(16)15(4)3-6-13-14-8(12-10)17-6/h2H,3,10H2,1H3,(H,12,14). The lowest BCUT2D eigenvalue weighted by atomic mass is 10.5. The van der Waals surface area contributed by atoms with Crippen molar-refractivity contribution in [3.8, 4) is 0 Å². The number of rotatable bonds is 3. The lowest BCUT2D eigenvalue weighted by Crippen LogP contribution is -2.24. The summed E-state index contributed by atoms with van der Waals surface area (Å²) in [4.78, 5) is 16.0. The van der Waals surface area contributed by atoms with E-state index in [-0.39, 0.29) is 5.56 Å². The third kappa shape index (κ3) is 2.51. The largest absolute Gasteiger partial charge is 0.298 e. The minimum atomic E-state index is -0.144. The summed E-state index contributed by atoms with van der Waals surface area (Å²) in [5, 5.41) is 8.91. The van der Waals surface area contributed by atoms with Crippen molar-refractivity contribution in [2.75, 3.05) is 5.43 Å². The third-order valence-corrected chi connectivity index (χ3v) is 3.47. The SMILES string of the molecule is Cc1ncc(Br)c(=O)n1Cc1nnc(NN)s1. The van der Waals surface area contributed by atoms with E-state index in [2.05, 4.69) is 36.5 Å². The van der Waals surface area contributed by atoms with Gasteiger partial charge < -0.3 is 0 Å². The Bertz CT molecular complexity index is 594. The number of nitrogens with one attached hydrogen (secondary N) is 1. The maximum Gasteiger partial charge on any atom is 0.268 e. The molecule has 0 radical (unpaired) electrons. The molecule has 3 N–H and O–H groups in total. The Kier molecular flexibility index (Phi) is 3.50. The molecule has 7 nitrogen and oxygen atoms in total. The quantitative estimate of drug-likeness (QED) is 0.632. The van der Waals surface area contributed by atoms with Gasteiger partial charge in [-0.25, -0.2) is 10.8 Å². The van der Waals surface area contributed by atoms with E-state index in [1.807, 2.05) is 0 Å². The summed E-state index contributed by atoms with van der Waals surface area (Å²) in [6.07, 6.45) is 1.49. The second-order valence-corrected chi connectivity index (χ2v) is 5.11. The Morgan fingerprint density at radius 1 is 1.59 bits per heavy atom. The molecule has 0 aliphatic heterocycles. The van der Waals surface area contributed by atoms with E-state index < -0.39 is 0 Å². The first-order valence-corrected chi connectivity index (χ1v) is 6.23. The van der Waals surface area contributed by atoms with Gasteiger partial charge in [0.15, 0.2) is 0 Å². The zero-order valence-corrected chi connectivity index (χ0v) is 11.2. The molecule has 0 amide bonds. The van der Waals surface area contributed by atoms with Gasteiger partial charge in [0.05, 0.1) is 6.54 Å². The molecule has 2 aromatic rings. The van der Waals surface area contributed by atoms with Crippen molar-refractivity contribution in [1.29, 1.82) is 0 Å². The van der Waals surface area contributed by atoms with Crippen LogP contribution in [0.3, 0.4) is 0 Å². The topological polar surface area (TPSA) is 98.7 Å². The van der Waals surface area contributed by atoms with Gasteiger partial charge in [-0.2, -0.15) is 0 Å². The molecule has 0 aliphatic rings. The summed E-state index contributed by atoms with van der Waals surface area (Å²) in [5.41, 5.74) is 2.26. The van der Waals surface area contributed by atoms with Crippen molar-refractivity contribution in [1.82, 2.24) is 19.7 Å². The van der Waals surface area contributed by atoms with E-state index in [0.717, 1.165) is 0 Å². The molecule has 0 bridgehead atoms. The maximum atomic E-state index is 11.9. The number of nitrogen functional groups attached to an aromatic ring is 1. The number of nitrogens with two attached hydrogens (primary N) is 1. The average molecular weight is 317 g/mol. The van der Waals surface area contributed by atoms with Crippen LogP contribution in [0.1, 0.15) is 10.8 Å². The zero-order chi connectivity index (χ0) is 12.4. The normalized spacial score (nSPS) is 10.5. The molecule has 0 atom stereocenters. The number of nitrogens with zero attached hydrogens (tertiary/aromatic N) is 4. The molecule has 0 fully saturated rings.